The molecule has 3 aromatic heterocycles. The zero-order chi connectivity index (χ0) is 38.4. The van der Waals surface area contributed by atoms with Crippen LogP contribution < -0.4 is 0 Å². The first-order valence-corrected chi connectivity index (χ1v) is 20.2. The third kappa shape index (κ3) is 6.91. The Hall–Kier alpha value is -6.71. The van der Waals surface area contributed by atoms with Gasteiger partial charge in [0.1, 0.15) is 0 Å². The SMILES string of the molecule is [Pt+2].[c-]1c(-c2ccccn2)cccc1-n1c2[c-]c(-c3nc4cc(-c5ccc(-c6ccccc6)cc5)ccc4s3)ccc2c2cc(-c3ccc(-c4ccccc4)cc3)ccc21. The molecule has 5 heteroatoms. The molecule has 0 N–H and O–H groups in total. The van der Waals surface area contributed by atoms with Crippen LogP contribution in [-0.2, 0) is 21.1 Å². The van der Waals surface area contributed by atoms with E-state index in [1.807, 2.05) is 24.4 Å². The average molecular weight is 951 g/mol. The topological polar surface area (TPSA) is 30.7 Å². The first-order chi connectivity index (χ1) is 28.7. The summed E-state index contributed by atoms with van der Waals surface area (Å²) in [5.74, 6) is 0. The van der Waals surface area contributed by atoms with E-state index in [4.69, 9.17) is 4.98 Å². The van der Waals surface area contributed by atoms with Crippen molar-refractivity contribution in [2.24, 2.45) is 0 Å². The minimum absolute atomic E-state index is 0. The molecule has 59 heavy (non-hydrogen) atoms. The number of thiazole rings is 1. The fourth-order valence-corrected chi connectivity index (χ4v) is 8.88. The van der Waals surface area contributed by atoms with Crippen LogP contribution in [0.5, 0.6) is 0 Å². The summed E-state index contributed by atoms with van der Waals surface area (Å²) in [7, 11) is 0. The van der Waals surface area contributed by atoms with Gasteiger partial charge in [-0.1, -0.05) is 145 Å². The van der Waals surface area contributed by atoms with Crippen molar-refractivity contribution in [1.82, 2.24) is 14.5 Å². The van der Waals surface area contributed by atoms with E-state index >= 15 is 0 Å². The zero-order valence-corrected chi connectivity index (χ0v) is 34.7. The Morgan fingerprint density at radius 1 is 0.441 bits per heavy atom. The van der Waals surface area contributed by atoms with Gasteiger partial charge in [0.05, 0.1) is 5.52 Å². The van der Waals surface area contributed by atoms with Crippen molar-refractivity contribution in [3.8, 4) is 72.0 Å². The first kappa shape index (κ1) is 36.6. The normalized spacial score (nSPS) is 11.3. The summed E-state index contributed by atoms with van der Waals surface area (Å²) in [6, 6.07) is 76.2. The molecule has 0 amide bonds. The van der Waals surface area contributed by atoms with Crippen LogP contribution in [0.4, 0.5) is 0 Å². The fourth-order valence-electron chi connectivity index (χ4n) is 7.95. The molecule has 280 valence electrons. The Labute approximate surface area is 361 Å². The van der Waals surface area contributed by atoms with E-state index in [2.05, 4.69) is 198 Å². The molecular formula is C54H33N3PtS. The van der Waals surface area contributed by atoms with Crippen LogP contribution >= 0.6 is 11.3 Å². The van der Waals surface area contributed by atoms with Crippen LogP contribution in [0.2, 0.25) is 0 Å². The van der Waals surface area contributed by atoms with Crippen molar-refractivity contribution in [2.75, 3.05) is 0 Å². The third-order valence-electron chi connectivity index (χ3n) is 10.9. The predicted molar refractivity (Wildman–Crippen MR) is 242 cm³/mol. The third-order valence-corrected chi connectivity index (χ3v) is 12.0. The van der Waals surface area contributed by atoms with Gasteiger partial charge in [-0.25, -0.2) is 0 Å². The maximum Gasteiger partial charge on any atom is 2.00 e. The van der Waals surface area contributed by atoms with Crippen LogP contribution in [-0.4, -0.2) is 14.5 Å². The standard InChI is InChI=1S/C54H33N3S.Pt/c1-3-10-36(11-4-1)38-17-21-40(22-18-38)42-26-29-51-48(33-42)47-28-25-45(35-52(47)57(51)46-15-9-14-44(32-46)49-16-7-8-31-55-49)54-56-50-34-43(27-30-53(50)58-54)41-23-19-39(20-24-41)37-12-5-2-6-13-37;/h1-31,33-34H;/q-2;+2. The molecule has 0 unspecified atom stereocenters. The minimum atomic E-state index is 0. The molecule has 0 spiro atoms. The summed E-state index contributed by atoms with van der Waals surface area (Å²) < 4.78 is 3.43. The second-order valence-electron chi connectivity index (χ2n) is 14.5. The van der Waals surface area contributed by atoms with Crippen LogP contribution in [0.1, 0.15) is 0 Å². The summed E-state index contributed by atoms with van der Waals surface area (Å²) in [6.07, 6.45) is 1.83. The quantitative estimate of drug-likeness (QED) is 0.149. The molecule has 11 rings (SSSR count). The molecule has 0 fully saturated rings. The Balaban J connectivity index is 0.00000420. The van der Waals surface area contributed by atoms with Crippen molar-refractivity contribution >= 4 is 43.4 Å². The van der Waals surface area contributed by atoms with Crippen LogP contribution in [0, 0.1) is 12.1 Å². The fraction of sp³-hybridized carbons (Fsp3) is 0. The Morgan fingerprint density at radius 2 is 1.03 bits per heavy atom. The van der Waals surface area contributed by atoms with Gasteiger partial charge < -0.3 is 9.55 Å². The molecular weight excluding hydrogens is 918 g/mol. The summed E-state index contributed by atoms with van der Waals surface area (Å²) in [5.41, 5.74) is 16.3. The molecule has 0 aliphatic carbocycles. The van der Waals surface area contributed by atoms with E-state index in [1.165, 1.54) is 33.4 Å². The first-order valence-electron chi connectivity index (χ1n) is 19.4. The number of nitrogens with zero attached hydrogens (tertiary/aromatic N) is 3. The maximum absolute atomic E-state index is 5.20. The van der Waals surface area contributed by atoms with Gasteiger partial charge in [-0.2, -0.15) is 11.3 Å². The van der Waals surface area contributed by atoms with Gasteiger partial charge in [-0.05, 0) is 91.1 Å². The molecule has 0 saturated heterocycles. The number of pyridine rings is 1. The van der Waals surface area contributed by atoms with E-state index in [1.54, 1.807) is 11.3 Å². The van der Waals surface area contributed by atoms with Crippen LogP contribution in [0.15, 0.2) is 200 Å². The van der Waals surface area contributed by atoms with E-state index in [0.29, 0.717) is 0 Å². The predicted octanol–water partition coefficient (Wildman–Crippen LogP) is 14.4. The van der Waals surface area contributed by atoms with E-state index in [0.717, 1.165) is 70.7 Å². The van der Waals surface area contributed by atoms with Gasteiger partial charge >= 0.3 is 21.1 Å². The second kappa shape index (κ2) is 15.6. The number of aromatic nitrogens is 3. The Bertz CT molecular complexity index is 3250. The largest absolute Gasteiger partial charge is 2.00 e. The number of rotatable bonds is 7. The van der Waals surface area contributed by atoms with Gasteiger partial charge in [-0.3, -0.25) is 4.98 Å². The van der Waals surface area contributed by atoms with Crippen molar-refractivity contribution in [2.45, 2.75) is 0 Å². The minimum Gasteiger partial charge on any atom is -0.346 e. The van der Waals surface area contributed by atoms with Crippen molar-refractivity contribution < 1.29 is 21.1 Å². The summed E-state index contributed by atoms with van der Waals surface area (Å²) in [6.45, 7) is 0. The molecule has 3 heterocycles. The summed E-state index contributed by atoms with van der Waals surface area (Å²) in [5, 5.41) is 3.22. The molecule has 0 bridgehead atoms. The molecule has 0 atom stereocenters. The van der Waals surface area contributed by atoms with E-state index < -0.39 is 0 Å². The molecule has 0 aliphatic heterocycles. The molecule has 8 aromatic carbocycles. The zero-order valence-electron chi connectivity index (χ0n) is 31.6. The van der Waals surface area contributed by atoms with Crippen LogP contribution in [0.25, 0.3) is 104 Å². The van der Waals surface area contributed by atoms with Crippen molar-refractivity contribution in [3.05, 3.63) is 212 Å². The Morgan fingerprint density at radius 3 is 1.69 bits per heavy atom. The van der Waals surface area contributed by atoms with Crippen molar-refractivity contribution in [1.29, 1.82) is 0 Å². The number of benzene rings is 8. The van der Waals surface area contributed by atoms with Crippen LogP contribution in [0.3, 0.4) is 0 Å². The summed E-state index contributed by atoms with van der Waals surface area (Å²) in [4.78, 5) is 9.82. The molecule has 0 aliphatic rings. The van der Waals surface area contributed by atoms with Gasteiger partial charge in [0.15, 0.2) is 0 Å². The molecule has 0 saturated carbocycles. The number of hydrogen-bond acceptors (Lipinski definition) is 3. The molecule has 11 aromatic rings. The monoisotopic (exact) mass is 950 g/mol. The maximum atomic E-state index is 5.20. The van der Waals surface area contributed by atoms with E-state index in [9.17, 15) is 0 Å². The van der Waals surface area contributed by atoms with E-state index in [-0.39, 0.29) is 21.1 Å². The molecule has 0 radical (unpaired) electrons. The number of hydrogen-bond donors (Lipinski definition) is 0. The van der Waals surface area contributed by atoms with Gasteiger partial charge in [0.2, 0.25) is 0 Å². The van der Waals surface area contributed by atoms with Crippen molar-refractivity contribution in [3.63, 3.8) is 0 Å². The molecule has 3 nitrogen and oxygen atoms in total. The second-order valence-corrected chi connectivity index (χ2v) is 15.5. The number of fused-ring (bicyclic) bond motifs is 4. The van der Waals surface area contributed by atoms with Gasteiger partial charge in [0.25, 0.3) is 0 Å². The Kier molecular flexibility index (Phi) is 9.66. The van der Waals surface area contributed by atoms with Gasteiger partial charge in [0, 0.05) is 21.4 Å². The summed E-state index contributed by atoms with van der Waals surface area (Å²) >= 11 is 1.70. The van der Waals surface area contributed by atoms with Gasteiger partial charge in [-0.15, -0.1) is 53.6 Å². The average Bonchev–Trinajstić information content (AvgIpc) is 3.88. The smallest absolute Gasteiger partial charge is 0.346 e.